The number of hydrogen-bond acceptors (Lipinski definition) is 3. The fourth-order valence-corrected chi connectivity index (χ4v) is 1.39. The van der Waals surface area contributed by atoms with Gasteiger partial charge in [-0.3, -0.25) is 0 Å². The highest BCUT2D eigenvalue weighted by Crippen LogP contribution is 2.19. The molecule has 4 N–H and O–H groups in total. The Hall–Kier alpha value is -1.75. The lowest BCUT2D eigenvalue weighted by molar-refractivity contribution is 0.251. The second kappa shape index (κ2) is 5.54. The van der Waals surface area contributed by atoms with Crippen molar-refractivity contribution in [2.75, 3.05) is 18.5 Å². The molecule has 0 saturated heterocycles. The van der Waals surface area contributed by atoms with Crippen LogP contribution in [0.25, 0.3) is 0 Å². The van der Waals surface area contributed by atoms with Crippen molar-refractivity contribution >= 4 is 11.7 Å². The molecular weight excluding hydrogens is 218 g/mol. The van der Waals surface area contributed by atoms with Crippen LogP contribution < -0.4 is 21.1 Å². The largest absolute Gasteiger partial charge is 0.492 e. The van der Waals surface area contributed by atoms with E-state index in [1.165, 1.54) is 0 Å². The maximum atomic E-state index is 11.4. The van der Waals surface area contributed by atoms with E-state index in [0.29, 0.717) is 19.2 Å². The summed E-state index contributed by atoms with van der Waals surface area (Å²) in [5.41, 5.74) is 6.09. The maximum absolute atomic E-state index is 11.4. The summed E-state index contributed by atoms with van der Waals surface area (Å²) < 4.78 is 5.34. The minimum atomic E-state index is -0.150. The minimum Gasteiger partial charge on any atom is -0.492 e. The molecule has 0 radical (unpaired) electrons. The molecule has 1 aromatic carbocycles. The fourth-order valence-electron chi connectivity index (χ4n) is 1.39. The first-order chi connectivity index (χ1) is 8.28. The molecule has 5 heteroatoms. The van der Waals surface area contributed by atoms with Gasteiger partial charge in [0.25, 0.3) is 0 Å². The average molecular weight is 235 g/mol. The molecule has 17 heavy (non-hydrogen) atoms. The molecule has 2 rings (SSSR count). The summed E-state index contributed by atoms with van der Waals surface area (Å²) in [6, 6.07) is 7.44. The third-order valence-corrected chi connectivity index (χ3v) is 2.41. The van der Waals surface area contributed by atoms with E-state index in [9.17, 15) is 4.79 Å². The van der Waals surface area contributed by atoms with Crippen molar-refractivity contribution in [1.82, 2.24) is 5.32 Å². The molecule has 0 spiro atoms. The van der Waals surface area contributed by atoms with Crippen LogP contribution in [0.5, 0.6) is 5.75 Å². The monoisotopic (exact) mass is 235 g/mol. The van der Waals surface area contributed by atoms with E-state index in [-0.39, 0.29) is 6.03 Å². The number of rotatable bonds is 5. The lowest BCUT2D eigenvalue weighted by Gasteiger charge is -2.08. The number of benzene rings is 1. The van der Waals surface area contributed by atoms with Gasteiger partial charge in [-0.05, 0) is 37.1 Å². The van der Waals surface area contributed by atoms with Crippen LogP contribution >= 0.6 is 0 Å². The number of carbonyl (C=O) groups is 1. The van der Waals surface area contributed by atoms with Crippen molar-refractivity contribution in [2.45, 2.75) is 18.9 Å². The Morgan fingerprint density at radius 3 is 2.65 bits per heavy atom. The molecule has 1 aromatic rings. The number of urea groups is 1. The van der Waals surface area contributed by atoms with Crippen LogP contribution in [-0.2, 0) is 0 Å². The zero-order valence-electron chi connectivity index (χ0n) is 9.61. The molecule has 0 bridgehead atoms. The SMILES string of the molecule is NCCOc1ccc(NC(=O)NC2CC2)cc1. The Morgan fingerprint density at radius 2 is 2.06 bits per heavy atom. The van der Waals surface area contributed by atoms with E-state index >= 15 is 0 Å². The number of nitrogens with two attached hydrogens (primary N) is 1. The first kappa shape index (κ1) is 11.7. The second-order valence-corrected chi connectivity index (χ2v) is 4.03. The molecule has 1 aliphatic carbocycles. The van der Waals surface area contributed by atoms with Crippen molar-refractivity contribution in [2.24, 2.45) is 5.73 Å². The standard InChI is InChI=1S/C12H17N3O2/c13-7-8-17-11-5-3-10(4-6-11)15-12(16)14-9-1-2-9/h3-6,9H,1-2,7-8,13H2,(H2,14,15,16). The first-order valence-electron chi connectivity index (χ1n) is 5.78. The van der Waals surface area contributed by atoms with Gasteiger partial charge in [0.15, 0.2) is 0 Å². The Kier molecular flexibility index (Phi) is 3.82. The number of amides is 2. The molecule has 0 aromatic heterocycles. The topological polar surface area (TPSA) is 76.4 Å². The van der Waals surface area contributed by atoms with Crippen LogP contribution in [0.4, 0.5) is 10.5 Å². The quantitative estimate of drug-likeness (QED) is 0.720. The average Bonchev–Trinajstić information content (AvgIpc) is 3.12. The predicted molar refractivity (Wildman–Crippen MR) is 66.2 cm³/mol. The fraction of sp³-hybridized carbons (Fsp3) is 0.417. The van der Waals surface area contributed by atoms with E-state index in [2.05, 4.69) is 10.6 Å². The van der Waals surface area contributed by atoms with Crippen molar-refractivity contribution < 1.29 is 9.53 Å². The Balaban J connectivity index is 1.81. The summed E-state index contributed by atoms with van der Waals surface area (Å²) in [6.07, 6.45) is 2.17. The normalized spacial score (nSPS) is 14.2. The van der Waals surface area contributed by atoms with Gasteiger partial charge in [0, 0.05) is 18.3 Å². The smallest absolute Gasteiger partial charge is 0.319 e. The highest BCUT2D eigenvalue weighted by molar-refractivity contribution is 5.89. The third kappa shape index (κ3) is 3.96. The zero-order valence-corrected chi connectivity index (χ0v) is 9.61. The molecule has 1 fully saturated rings. The third-order valence-electron chi connectivity index (χ3n) is 2.41. The van der Waals surface area contributed by atoms with Gasteiger partial charge in [-0.2, -0.15) is 0 Å². The molecule has 0 heterocycles. The number of ether oxygens (including phenoxy) is 1. The van der Waals surface area contributed by atoms with Crippen LogP contribution in [0.2, 0.25) is 0 Å². The predicted octanol–water partition coefficient (Wildman–Crippen LogP) is 1.31. The second-order valence-electron chi connectivity index (χ2n) is 4.03. The number of nitrogens with one attached hydrogen (secondary N) is 2. The highest BCUT2D eigenvalue weighted by atomic mass is 16.5. The summed E-state index contributed by atoms with van der Waals surface area (Å²) >= 11 is 0. The van der Waals surface area contributed by atoms with Crippen LogP contribution in [-0.4, -0.2) is 25.2 Å². The van der Waals surface area contributed by atoms with Crippen LogP contribution in [0, 0.1) is 0 Å². The van der Waals surface area contributed by atoms with Gasteiger partial charge in [-0.25, -0.2) is 4.79 Å². The Labute approximate surface area is 100 Å². The van der Waals surface area contributed by atoms with E-state index in [1.807, 2.05) is 12.1 Å². The lowest BCUT2D eigenvalue weighted by atomic mass is 10.3. The summed E-state index contributed by atoms with van der Waals surface area (Å²) in [6.45, 7) is 0.985. The van der Waals surface area contributed by atoms with Crippen LogP contribution in [0.3, 0.4) is 0 Å². The van der Waals surface area contributed by atoms with Gasteiger partial charge in [0.05, 0.1) is 0 Å². The number of anilines is 1. The van der Waals surface area contributed by atoms with Crippen LogP contribution in [0.15, 0.2) is 24.3 Å². The van der Waals surface area contributed by atoms with Gasteiger partial charge in [0.1, 0.15) is 12.4 Å². The van der Waals surface area contributed by atoms with Gasteiger partial charge >= 0.3 is 6.03 Å². The molecule has 92 valence electrons. The van der Waals surface area contributed by atoms with E-state index in [0.717, 1.165) is 24.3 Å². The summed E-state index contributed by atoms with van der Waals surface area (Å²) in [5, 5.41) is 5.62. The van der Waals surface area contributed by atoms with E-state index in [4.69, 9.17) is 10.5 Å². The van der Waals surface area contributed by atoms with Gasteiger partial charge < -0.3 is 21.1 Å². The van der Waals surface area contributed by atoms with Crippen molar-refractivity contribution in [1.29, 1.82) is 0 Å². The molecule has 1 aliphatic rings. The molecule has 0 aliphatic heterocycles. The van der Waals surface area contributed by atoms with Crippen molar-refractivity contribution in [3.05, 3.63) is 24.3 Å². The zero-order chi connectivity index (χ0) is 12.1. The number of carbonyl (C=O) groups excluding carboxylic acids is 1. The highest BCUT2D eigenvalue weighted by Gasteiger charge is 2.23. The molecular formula is C12H17N3O2. The van der Waals surface area contributed by atoms with E-state index < -0.39 is 0 Å². The molecule has 1 saturated carbocycles. The molecule has 0 unspecified atom stereocenters. The van der Waals surface area contributed by atoms with Crippen molar-refractivity contribution in [3.63, 3.8) is 0 Å². The first-order valence-corrected chi connectivity index (χ1v) is 5.78. The summed E-state index contributed by atoms with van der Waals surface area (Å²) in [7, 11) is 0. The molecule has 2 amide bonds. The van der Waals surface area contributed by atoms with Crippen LogP contribution in [0.1, 0.15) is 12.8 Å². The molecule has 0 atom stereocenters. The van der Waals surface area contributed by atoms with Gasteiger partial charge in [0.2, 0.25) is 0 Å². The van der Waals surface area contributed by atoms with Crippen molar-refractivity contribution in [3.8, 4) is 5.75 Å². The Bertz CT molecular complexity index is 374. The maximum Gasteiger partial charge on any atom is 0.319 e. The minimum absolute atomic E-state index is 0.150. The summed E-state index contributed by atoms with van der Waals surface area (Å²) in [5.74, 6) is 0.753. The summed E-state index contributed by atoms with van der Waals surface area (Å²) in [4.78, 5) is 11.4. The van der Waals surface area contributed by atoms with Gasteiger partial charge in [-0.1, -0.05) is 0 Å². The van der Waals surface area contributed by atoms with Gasteiger partial charge in [-0.15, -0.1) is 0 Å². The van der Waals surface area contributed by atoms with E-state index in [1.54, 1.807) is 12.1 Å². The Morgan fingerprint density at radius 1 is 1.35 bits per heavy atom. The molecule has 5 nitrogen and oxygen atoms in total. The number of hydrogen-bond donors (Lipinski definition) is 3. The lowest BCUT2D eigenvalue weighted by Crippen LogP contribution is -2.30.